The predicted octanol–water partition coefficient (Wildman–Crippen LogP) is 7.13. The van der Waals surface area contributed by atoms with Crippen molar-refractivity contribution in [1.29, 1.82) is 0 Å². The van der Waals surface area contributed by atoms with Gasteiger partial charge in [0.15, 0.2) is 0 Å². The van der Waals surface area contributed by atoms with Crippen LogP contribution >= 0.6 is 20.1 Å². The second-order valence-electron chi connectivity index (χ2n) is 10.2. The first kappa shape index (κ1) is 29.7. The normalized spacial score (nSPS) is 15.7. The average Bonchev–Trinajstić information content (AvgIpc) is 2.95. The third kappa shape index (κ3) is 8.38. The maximum atomic E-state index is 13.0. The van der Waals surface area contributed by atoms with Crippen LogP contribution in [-0.2, 0) is 16.0 Å². The number of hydrogen-bond acceptors (Lipinski definition) is 5. The van der Waals surface area contributed by atoms with E-state index >= 15 is 0 Å². The van der Waals surface area contributed by atoms with Gasteiger partial charge in [-0.1, -0.05) is 0 Å². The number of anilines is 2. The number of piperidine rings is 1. The quantitative estimate of drug-likeness (QED) is 0.105. The first-order valence-corrected chi connectivity index (χ1v) is 18.9. The predicted molar refractivity (Wildman–Crippen MR) is 171 cm³/mol. The Morgan fingerprint density at radius 2 is 1.82 bits per heavy atom. The Balaban J connectivity index is 1.39. The Morgan fingerprint density at radius 1 is 1.02 bits per heavy atom. The summed E-state index contributed by atoms with van der Waals surface area (Å²) in [6.45, 7) is 3.79. The minimum absolute atomic E-state index is 0.0730. The van der Waals surface area contributed by atoms with Crippen molar-refractivity contribution in [3.8, 4) is 11.1 Å². The molecule has 1 aliphatic rings. The van der Waals surface area contributed by atoms with Crippen LogP contribution in [0.25, 0.3) is 11.1 Å². The molecule has 1 atom stereocenters. The SMILES string of the molecule is Cc1cc(C=O)ccc1NC(=O)CCCc1ccc(-c2ccccc2)c(NC(=O)OC2CCCN(I(C)C)C2)c1. The molecule has 4 rings (SSSR count). The zero-order valence-electron chi connectivity index (χ0n) is 23.4. The van der Waals surface area contributed by atoms with E-state index in [1.54, 1.807) is 18.2 Å². The molecular formula is C32H38IN3O4. The molecule has 1 saturated heterocycles. The Kier molecular flexibility index (Phi) is 10.7. The molecule has 0 aliphatic carbocycles. The molecule has 1 heterocycles. The molecule has 7 nitrogen and oxygen atoms in total. The van der Waals surface area contributed by atoms with Gasteiger partial charge in [-0.2, -0.15) is 0 Å². The second-order valence-corrected chi connectivity index (χ2v) is 15.7. The summed E-state index contributed by atoms with van der Waals surface area (Å²) in [5, 5.41) is 5.95. The summed E-state index contributed by atoms with van der Waals surface area (Å²) < 4.78 is 8.36. The van der Waals surface area contributed by atoms with Gasteiger partial charge in [-0.05, 0) is 30.7 Å². The molecule has 8 heteroatoms. The number of aldehydes is 1. The van der Waals surface area contributed by atoms with Gasteiger partial charge in [0.2, 0.25) is 5.91 Å². The Labute approximate surface area is 244 Å². The number of halogens is 1. The Hall–Kier alpha value is -3.24. The van der Waals surface area contributed by atoms with Gasteiger partial charge in [0.1, 0.15) is 6.29 Å². The number of alkyl halides is 2. The number of hydrogen-bond donors (Lipinski definition) is 2. The molecule has 0 aromatic heterocycles. The number of amides is 2. The molecular weight excluding hydrogens is 617 g/mol. The van der Waals surface area contributed by atoms with Crippen molar-refractivity contribution in [3.05, 3.63) is 83.4 Å². The van der Waals surface area contributed by atoms with Crippen LogP contribution in [0.3, 0.4) is 0 Å². The molecule has 0 saturated carbocycles. The summed E-state index contributed by atoms with van der Waals surface area (Å²) in [5.74, 6) is -0.0730. The van der Waals surface area contributed by atoms with Crippen LogP contribution in [-0.4, -0.2) is 50.5 Å². The number of nitrogens with one attached hydrogen (secondary N) is 2. The van der Waals surface area contributed by atoms with Crippen molar-refractivity contribution in [2.24, 2.45) is 0 Å². The molecule has 2 amide bonds. The Bertz CT molecular complexity index is 1330. The van der Waals surface area contributed by atoms with Crippen molar-refractivity contribution in [3.63, 3.8) is 0 Å². The van der Waals surface area contributed by atoms with Gasteiger partial charge in [-0.25, -0.2) is 0 Å². The number of nitrogens with zero attached hydrogens (tertiary/aromatic N) is 1. The van der Waals surface area contributed by atoms with E-state index in [0.717, 1.165) is 54.5 Å². The number of rotatable bonds is 10. The van der Waals surface area contributed by atoms with E-state index in [9.17, 15) is 14.4 Å². The number of carbonyl (C=O) groups is 3. The van der Waals surface area contributed by atoms with Gasteiger partial charge >= 0.3 is 176 Å². The van der Waals surface area contributed by atoms with Gasteiger partial charge < -0.3 is 5.32 Å². The molecule has 0 radical (unpaired) electrons. The molecule has 3 aromatic carbocycles. The number of benzene rings is 3. The summed E-state index contributed by atoms with van der Waals surface area (Å²) in [5.41, 5.74) is 5.82. The topological polar surface area (TPSA) is 87.7 Å². The molecule has 0 spiro atoms. The summed E-state index contributed by atoms with van der Waals surface area (Å²) in [7, 11) is 0. The van der Waals surface area contributed by atoms with Crippen LogP contribution in [0, 0.1) is 6.92 Å². The summed E-state index contributed by atoms with van der Waals surface area (Å²) in [6, 6.07) is 21.2. The third-order valence-corrected chi connectivity index (χ3v) is 10.6. The Morgan fingerprint density at radius 3 is 2.55 bits per heavy atom. The van der Waals surface area contributed by atoms with E-state index in [-0.39, 0.29) is 12.0 Å². The van der Waals surface area contributed by atoms with Crippen LogP contribution in [0.15, 0.2) is 66.7 Å². The fourth-order valence-corrected chi connectivity index (χ4v) is 7.41. The van der Waals surface area contributed by atoms with Gasteiger partial charge in [0.05, 0.1) is 0 Å². The fraction of sp³-hybridized carbons (Fsp3) is 0.344. The third-order valence-electron chi connectivity index (χ3n) is 7.02. The molecule has 2 N–H and O–H groups in total. The van der Waals surface area contributed by atoms with Crippen LogP contribution in [0.5, 0.6) is 0 Å². The van der Waals surface area contributed by atoms with E-state index in [1.165, 1.54) is 0 Å². The number of ether oxygens (including phenoxy) is 1. The van der Waals surface area contributed by atoms with Crippen LogP contribution in [0.4, 0.5) is 16.2 Å². The van der Waals surface area contributed by atoms with E-state index in [0.29, 0.717) is 36.2 Å². The van der Waals surface area contributed by atoms with E-state index < -0.39 is 26.2 Å². The fourth-order valence-electron chi connectivity index (χ4n) is 4.87. The molecule has 0 bridgehead atoms. The molecule has 40 heavy (non-hydrogen) atoms. The zero-order chi connectivity index (χ0) is 28.5. The summed E-state index contributed by atoms with van der Waals surface area (Å²) in [6.07, 6.45) is 3.92. The van der Waals surface area contributed by atoms with E-state index in [2.05, 4.69) is 23.6 Å². The molecule has 212 valence electrons. The molecule has 1 fully saturated rings. The van der Waals surface area contributed by atoms with Crippen molar-refractivity contribution >= 4 is 49.8 Å². The van der Waals surface area contributed by atoms with Crippen molar-refractivity contribution in [2.45, 2.75) is 45.1 Å². The zero-order valence-corrected chi connectivity index (χ0v) is 25.6. The first-order chi connectivity index (χ1) is 19.3. The van der Waals surface area contributed by atoms with Crippen LogP contribution in [0.2, 0.25) is 0 Å². The molecule has 1 unspecified atom stereocenters. The standard InChI is InChI=1S/C32H38IN3O4/c1-23-19-25(22-37)15-17-29(23)34-31(38)13-7-9-24-14-16-28(26-10-5-4-6-11-26)30(20-24)35-32(39)40-27-12-8-18-36(21-27)33(2)3/h4-6,10-11,14-17,19-20,22,27H,7-9,12-13,18,21H2,1-3H3,(H,34,38)(H,35,39). The van der Waals surface area contributed by atoms with E-state index in [1.807, 2.05) is 55.5 Å². The summed E-state index contributed by atoms with van der Waals surface area (Å²) in [4.78, 5) is 41.1. The molecule has 3 aromatic rings. The first-order valence-electron chi connectivity index (χ1n) is 13.6. The number of carbonyl (C=O) groups excluding carboxylic acids is 3. The van der Waals surface area contributed by atoms with Crippen molar-refractivity contribution in [2.75, 3.05) is 33.6 Å². The summed E-state index contributed by atoms with van der Waals surface area (Å²) >= 11 is -1.10. The van der Waals surface area contributed by atoms with Gasteiger partial charge in [-0.3, -0.25) is 9.59 Å². The van der Waals surface area contributed by atoms with Crippen molar-refractivity contribution in [1.82, 2.24) is 3.11 Å². The van der Waals surface area contributed by atoms with E-state index in [4.69, 9.17) is 4.74 Å². The van der Waals surface area contributed by atoms with Gasteiger partial charge in [0, 0.05) is 11.3 Å². The average molecular weight is 656 g/mol. The molecule has 1 aliphatic heterocycles. The second kappa shape index (κ2) is 14.4. The van der Waals surface area contributed by atoms with Crippen molar-refractivity contribution < 1.29 is 19.1 Å². The van der Waals surface area contributed by atoms with Gasteiger partial charge in [-0.15, -0.1) is 0 Å². The van der Waals surface area contributed by atoms with Gasteiger partial charge in [0.25, 0.3) is 0 Å². The number of aryl methyl sites for hydroxylation is 2. The van der Waals surface area contributed by atoms with Crippen LogP contribution in [0.1, 0.15) is 47.2 Å². The maximum absolute atomic E-state index is 13.0. The monoisotopic (exact) mass is 655 g/mol. The minimum atomic E-state index is -1.10. The van der Waals surface area contributed by atoms with Crippen LogP contribution < -0.4 is 10.6 Å².